The number of benzene rings is 1. The third-order valence-electron chi connectivity index (χ3n) is 7.29. The van der Waals surface area contributed by atoms with Crippen LogP contribution in [0.15, 0.2) is 35.6 Å². The molecular formula is C25H32F3N3O3S. The van der Waals surface area contributed by atoms with E-state index < -0.39 is 24.8 Å². The Kier molecular flexibility index (Phi) is 7.52. The molecule has 0 spiro atoms. The van der Waals surface area contributed by atoms with Crippen LogP contribution < -0.4 is 4.90 Å². The maximum absolute atomic E-state index is 13.3. The number of rotatable bonds is 7. The molecule has 0 amide bonds. The lowest BCUT2D eigenvalue weighted by molar-refractivity contribution is -0.200. The smallest absolute Gasteiger partial charge is 0.395 e. The molecule has 2 aliphatic heterocycles. The van der Waals surface area contributed by atoms with Gasteiger partial charge in [-0.1, -0.05) is 12.1 Å². The molecule has 1 N–H and O–H groups in total. The topological polar surface area (TPSA) is 58.1 Å². The fraction of sp³-hybridized carbons (Fsp3) is 0.640. The van der Waals surface area contributed by atoms with E-state index in [0.29, 0.717) is 31.4 Å². The third-order valence-corrected chi connectivity index (χ3v) is 8.11. The first-order chi connectivity index (χ1) is 16.9. The Labute approximate surface area is 207 Å². The van der Waals surface area contributed by atoms with E-state index in [9.17, 15) is 18.3 Å². The summed E-state index contributed by atoms with van der Waals surface area (Å²) in [6.45, 7) is 5.54. The lowest BCUT2D eigenvalue weighted by Crippen LogP contribution is -2.46. The summed E-state index contributed by atoms with van der Waals surface area (Å²) in [5, 5.41) is 11.0. The van der Waals surface area contributed by atoms with Gasteiger partial charge in [0.25, 0.3) is 0 Å². The van der Waals surface area contributed by atoms with Crippen LogP contribution in [0.25, 0.3) is 10.1 Å². The van der Waals surface area contributed by atoms with Crippen LogP contribution in [0.2, 0.25) is 0 Å². The van der Waals surface area contributed by atoms with Crippen molar-refractivity contribution in [2.45, 2.75) is 57.1 Å². The van der Waals surface area contributed by atoms with Gasteiger partial charge in [-0.05, 0) is 61.5 Å². The van der Waals surface area contributed by atoms with Gasteiger partial charge in [-0.3, -0.25) is 4.90 Å². The van der Waals surface area contributed by atoms with Gasteiger partial charge in [0.05, 0.1) is 16.7 Å². The van der Waals surface area contributed by atoms with Crippen molar-refractivity contribution >= 4 is 27.4 Å². The average molecular weight is 512 g/mol. The van der Waals surface area contributed by atoms with E-state index in [1.165, 1.54) is 10.1 Å². The highest BCUT2D eigenvalue weighted by Gasteiger charge is 2.48. The highest BCUT2D eigenvalue weighted by atomic mass is 32.1. The first-order valence-electron chi connectivity index (χ1n) is 12.4. The van der Waals surface area contributed by atoms with E-state index in [1.807, 2.05) is 6.07 Å². The Morgan fingerprint density at radius 1 is 1.14 bits per heavy atom. The lowest BCUT2D eigenvalue weighted by Gasteiger charge is -2.37. The lowest BCUT2D eigenvalue weighted by atomic mass is 9.82. The number of anilines is 1. The quantitative estimate of drug-likeness (QED) is 0.532. The minimum absolute atomic E-state index is 0.149. The molecule has 0 unspecified atom stereocenters. The Balaban J connectivity index is 1.01. The van der Waals surface area contributed by atoms with Gasteiger partial charge < -0.3 is 19.5 Å². The number of aliphatic hydroxyl groups is 1. The molecule has 1 aliphatic carbocycles. The fourth-order valence-electron chi connectivity index (χ4n) is 5.39. The molecule has 192 valence electrons. The SMILES string of the molecule is O[C@H]1C[C@@H](C(F)(F)F)C2=C(C[C@H](OCCCCN3CCN(c4nsc5ccccc45)CC3)CC2)O1. The Bertz CT molecular complexity index is 1040. The summed E-state index contributed by atoms with van der Waals surface area (Å²) in [7, 11) is 0. The van der Waals surface area contributed by atoms with E-state index in [0.717, 1.165) is 51.4 Å². The Hall–Kier alpha value is -1.88. The van der Waals surface area contributed by atoms with Gasteiger partial charge in [0.2, 0.25) is 0 Å². The number of nitrogens with zero attached hydrogens (tertiary/aromatic N) is 3. The third kappa shape index (κ3) is 5.76. The predicted octanol–water partition coefficient (Wildman–Crippen LogP) is 4.94. The van der Waals surface area contributed by atoms with Gasteiger partial charge in [-0.2, -0.15) is 17.5 Å². The van der Waals surface area contributed by atoms with Crippen LogP contribution in [0.1, 0.15) is 38.5 Å². The average Bonchev–Trinajstić information content (AvgIpc) is 3.27. The molecule has 3 atom stereocenters. The molecule has 35 heavy (non-hydrogen) atoms. The molecular weight excluding hydrogens is 479 g/mol. The number of halogens is 3. The standard InChI is InChI=1S/C25H32F3N3O3S/c26-25(27,28)20-16-23(32)34-21-15-17(7-8-18(20)21)33-14-4-3-9-30-10-12-31(13-11-30)24-19-5-1-2-6-22(19)35-29-24/h1-2,5-6,17,20,23,32H,3-4,7-16H2/t17-,20-,23-/m1/s1. The van der Waals surface area contributed by atoms with Crippen molar-refractivity contribution in [2.24, 2.45) is 5.92 Å². The van der Waals surface area contributed by atoms with Crippen molar-refractivity contribution in [2.75, 3.05) is 44.2 Å². The van der Waals surface area contributed by atoms with Gasteiger partial charge in [0, 0.05) is 51.0 Å². The Morgan fingerprint density at radius 3 is 2.74 bits per heavy atom. The minimum atomic E-state index is -4.35. The summed E-state index contributed by atoms with van der Waals surface area (Å²) in [5.41, 5.74) is 0.299. The molecule has 6 nitrogen and oxygen atoms in total. The fourth-order valence-corrected chi connectivity index (χ4v) is 6.19. The van der Waals surface area contributed by atoms with Crippen LogP contribution in [-0.4, -0.2) is 72.3 Å². The van der Waals surface area contributed by atoms with E-state index in [1.54, 1.807) is 11.5 Å². The molecule has 1 aromatic carbocycles. The highest BCUT2D eigenvalue weighted by Crippen LogP contribution is 2.45. The van der Waals surface area contributed by atoms with Gasteiger partial charge in [-0.25, -0.2) is 0 Å². The van der Waals surface area contributed by atoms with E-state index in [2.05, 4.69) is 32.4 Å². The van der Waals surface area contributed by atoms with Gasteiger partial charge in [0.1, 0.15) is 11.6 Å². The zero-order valence-electron chi connectivity index (χ0n) is 19.7. The zero-order valence-corrected chi connectivity index (χ0v) is 20.5. The summed E-state index contributed by atoms with van der Waals surface area (Å²) >= 11 is 1.55. The van der Waals surface area contributed by atoms with Crippen LogP contribution >= 0.6 is 11.5 Å². The summed E-state index contributed by atoms with van der Waals surface area (Å²) in [6, 6.07) is 8.36. The van der Waals surface area contributed by atoms with Crippen molar-refractivity contribution < 1.29 is 27.8 Å². The second-order valence-corrected chi connectivity index (χ2v) is 10.4. The second kappa shape index (κ2) is 10.6. The molecule has 0 saturated carbocycles. The van der Waals surface area contributed by atoms with Crippen molar-refractivity contribution in [3.8, 4) is 0 Å². The number of piperazine rings is 1. The van der Waals surface area contributed by atoms with E-state index in [4.69, 9.17) is 9.47 Å². The second-order valence-electron chi connectivity index (χ2n) is 9.62. The molecule has 1 aromatic heterocycles. The minimum Gasteiger partial charge on any atom is -0.469 e. The number of alkyl halides is 3. The number of fused-ring (bicyclic) bond motifs is 1. The van der Waals surface area contributed by atoms with Crippen molar-refractivity contribution in [1.29, 1.82) is 0 Å². The van der Waals surface area contributed by atoms with E-state index >= 15 is 0 Å². The van der Waals surface area contributed by atoms with Crippen LogP contribution in [0, 0.1) is 5.92 Å². The summed E-state index contributed by atoms with van der Waals surface area (Å²) in [6.07, 6.45) is -3.18. The normalized spacial score (nSPS) is 26.2. The number of hydrogen-bond acceptors (Lipinski definition) is 7. The number of aliphatic hydroxyl groups excluding tert-OH is 1. The number of allylic oxidation sites excluding steroid dienone is 1. The highest BCUT2D eigenvalue weighted by molar-refractivity contribution is 7.13. The summed E-state index contributed by atoms with van der Waals surface area (Å²) in [4.78, 5) is 4.84. The first-order valence-corrected chi connectivity index (χ1v) is 13.2. The molecule has 1 saturated heterocycles. The van der Waals surface area contributed by atoms with Crippen molar-refractivity contribution in [3.05, 3.63) is 35.6 Å². The molecule has 3 heterocycles. The largest absolute Gasteiger partial charge is 0.469 e. The molecule has 0 bridgehead atoms. The van der Waals surface area contributed by atoms with Crippen LogP contribution in [-0.2, 0) is 9.47 Å². The van der Waals surface area contributed by atoms with Crippen molar-refractivity contribution in [1.82, 2.24) is 9.27 Å². The van der Waals surface area contributed by atoms with Gasteiger partial charge >= 0.3 is 6.18 Å². The van der Waals surface area contributed by atoms with Crippen molar-refractivity contribution in [3.63, 3.8) is 0 Å². The Morgan fingerprint density at radius 2 is 1.94 bits per heavy atom. The van der Waals surface area contributed by atoms with E-state index in [-0.39, 0.29) is 11.9 Å². The predicted molar refractivity (Wildman–Crippen MR) is 129 cm³/mol. The number of aromatic nitrogens is 1. The summed E-state index contributed by atoms with van der Waals surface area (Å²) < 4.78 is 57.2. The molecule has 10 heteroatoms. The maximum Gasteiger partial charge on any atom is 0.395 e. The molecule has 2 aromatic rings. The summed E-state index contributed by atoms with van der Waals surface area (Å²) in [5.74, 6) is -0.217. The molecule has 0 radical (unpaired) electrons. The molecule has 1 fully saturated rings. The van der Waals surface area contributed by atoms with Gasteiger partial charge in [-0.15, -0.1) is 0 Å². The maximum atomic E-state index is 13.3. The number of hydrogen-bond donors (Lipinski definition) is 1. The molecule has 5 rings (SSSR count). The zero-order chi connectivity index (χ0) is 24.4. The monoisotopic (exact) mass is 511 g/mol. The first kappa shape index (κ1) is 24.8. The van der Waals surface area contributed by atoms with Crippen LogP contribution in [0.5, 0.6) is 0 Å². The number of unbranched alkanes of at least 4 members (excludes halogenated alkanes) is 1. The molecule has 3 aliphatic rings. The van der Waals surface area contributed by atoms with Gasteiger partial charge in [0.15, 0.2) is 6.29 Å². The van der Waals surface area contributed by atoms with Crippen LogP contribution in [0.4, 0.5) is 19.0 Å². The van der Waals surface area contributed by atoms with Crippen LogP contribution in [0.3, 0.4) is 0 Å². The number of ether oxygens (including phenoxy) is 2.